The van der Waals surface area contributed by atoms with Gasteiger partial charge >= 0.3 is 0 Å². The molecule has 1 spiro atoms. The molecule has 1 aliphatic carbocycles. The van der Waals surface area contributed by atoms with Crippen molar-refractivity contribution in [2.45, 2.75) is 32.1 Å². The third-order valence-corrected chi connectivity index (χ3v) is 7.16. The Balaban J connectivity index is 0.00000109. The van der Waals surface area contributed by atoms with Gasteiger partial charge in [-0.15, -0.1) is 24.8 Å². The van der Waals surface area contributed by atoms with Crippen LogP contribution in [0, 0.1) is 5.41 Å². The van der Waals surface area contributed by atoms with E-state index < -0.39 is 0 Å². The van der Waals surface area contributed by atoms with E-state index in [0.717, 1.165) is 67.7 Å². The van der Waals surface area contributed by atoms with E-state index in [1.54, 1.807) is 0 Å². The molecule has 8 heteroatoms. The number of carbonyl (C=O) groups is 1. The smallest absolute Gasteiger partial charge is 0.252 e. The maximum atomic E-state index is 12.4. The predicted molar refractivity (Wildman–Crippen MR) is 124 cm³/mol. The van der Waals surface area contributed by atoms with Crippen LogP contribution in [0.25, 0.3) is 16.7 Å². The van der Waals surface area contributed by atoms with Crippen LogP contribution in [-0.2, 0) is 12.8 Å². The summed E-state index contributed by atoms with van der Waals surface area (Å²) in [5.41, 5.74) is 12.1. The fourth-order valence-corrected chi connectivity index (χ4v) is 5.56. The van der Waals surface area contributed by atoms with E-state index >= 15 is 0 Å². The van der Waals surface area contributed by atoms with Crippen LogP contribution in [0.3, 0.4) is 0 Å². The summed E-state index contributed by atoms with van der Waals surface area (Å²) in [4.78, 5) is 19.8. The van der Waals surface area contributed by atoms with Gasteiger partial charge in [0, 0.05) is 26.2 Å². The van der Waals surface area contributed by atoms with E-state index in [2.05, 4.69) is 20.7 Å². The van der Waals surface area contributed by atoms with Gasteiger partial charge in [-0.1, -0.05) is 12.1 Å². The minimum Gasteiger partial charge on any atom is -0.365 e. The molecule has 0 atom stereocenters. The number of rotatable bonds is 2. The predicted octanol–water partition coefficient (Wildman–Crippen LogP) is 3.11. The summed E-state index contributed by atoms with van der Waals surface area (Å²) in [5, 5.41) is 3.45. The zero-order valence-electron chi connectivity index (χ0n) is 16.8. The average molecular weight is 448 g/mol. The molecule has 0 unspecified atom stereocenters. The summed E-state index contributed by atoms with van der Waals surface area (Å²) in [6.07, 6.45) is 5.45. The maximum Gasteiger partial charge on any atom is 0.252 e. The summed E-state index contributed by atoms with van der Waals surface area (Å²) >= 11 is 0. The summed E-state index contributed by atoms with van der Waals surface area (Å²) in [7, 11) is 0. The number of halogens is 2. The van der Waals surface area contributed by atoms with Crippen LogP contribution >= 0.6 is 24.8 Å². The fourth-order valence-electron chi connectivity index (χ4n) is 5.56. The Hall–Kier alpha value is -2.02. The lowest BCUT2D eigenvalue weighted by Crippen LogP contribution is -2.58. The van der Waals surface area contributed by atoms with Crippen molar-refractivity contribution in [3.05, 3.63) is 41.0 Å². The molecule has 30 heavy (non-hydrogen) atoms. The van der Waals surface area contributed by atoms with Gasteiger partial charge in [-0.25, -0.2) is 4.98 Å². The molecule has 3 aromatic rings. The summed E-state index contributed by atoms with van der Waals surface area (Å²) in [5.74, 6) is 0.895. The van der Waals surface area contributed by atoms with E-state index in [4.69, 9.17) is 10.7 Å². The van der Waals surface area contributed by atoms with E-state index in [0.29, 0.717) is 11.0 Å². The van der Waals surface area contributed by atoms with E-state index in [1.807, 2.05) is 18.2 Å². The molecule has 2 aromatic heterocycles. The first kappa shape index (κ1) is 21.2. The molecule has 0 radical (unpaired) electrons. The first-order chi connectivity index (χ1) is 13.7. The molecule has 2 aliphatic heterocycles. The number of nitrogens with zero attached hydrogens (tertiary/aromatic N) is 3. The number of benzene rings is 1. The van der Waals surface area contributed by atoms with Crippen molar-refractivity contribution >= 4 is 53.2 Å². The number of para-hydroxylation sites is 2. The van der Waals surface area contributed by atoms with Crippen LogP contribution in [0.5, 0.6) is 0 Å². The normalized spacial score (nSPS) is 19.3. The molecule has 2 fully saturated rings. The van der Waals surface area contributed by atoms with Crippen LogP contribution in [-0.4, -0.2) is 41.5 Å². The van der Waals surface area contributed by atoms with Gasteiger partial charge in [0.05, 0.1) is 16.6 Å². The topological polar surface area (TPSA) is 75.7 Å². The maximum absolute atomic E-state index is 12.4. The van der Waals surface area contributed by atoms with E-state index in [1.165, 1.54) is 24.2 Å². The third-order valence-electron chi connectivity index (χ3n) is 7.16. The number of primary amides is 1. The lowest BCUT2D eigenvalue weighted by atomic mass is 9.73. The van der Waals surface area contributed by atoms with Crippen LogP contribution in [0.4, 0.5) is 5.82 Å². The van der Waals surface area contributed by atoms with Crippen molar-refractivity contribution in [2.75, 3.05) is 31.1 Å². The van der Waals surface area contributed by atoms with Crippen molar-refractivity contribution in [3.8, 4) is 0 Å². The van der Waals surface area contributed by atoms with Crippen LogP contribution in [0.15, 0.2) is 24.3 Å². The Labute approximate surface area is 188 Å². The largest absolute Gasteiger partial charge is 0.365 e. The van der Waals surface area contributed by atoms with Gasteiger partial charge in [-0.3, -0.25) is 9.20 Å². The number of piperidine rings is 1. The summed E-state index contributed by atoms with van der Waals surface area (Å²) in [6.45, 7) is 4.43. The molecule has 6 rings (SSSR count). The SMILES string of the molecule is Cl.Cl.NC(=O)c1c2c(c(N3CCC4(CC3)CNC4)n3c1nc1ccccc13)CCC2. The highest BCUT2D eigenvalue weighted by Crippen LogP contribution is 2.42. The zero-order valence-corrected chi connectivity index (χ0v) is 18.5. The van der Waals surface area contributed by atoms with Crippen molar-refractivity contribution in [1.82, 2.24) is 14.7 Å². The lowest BCUT2D eigenvalue weighted by molar-refractivity contribution is 0.100. The third kappa shape index (κ3) is 2.88. The van der Waals surface area contributed by atoms with Crippen molar-refractivity contribution in [3.63, 3.8) is 0 Å². The number of anilines is 1. The Morgan fingerprint density at radius 2 is 1.77 bits per heavy atom. The fraction of sp³-hybridized carbons (Fsp3) is 0.455. The van der Waals surface area contributed by atoms with E-state index in [-0.39, 0.29) is 30.7 Å². The van der Waals surface area contributed by atoms with Crippen molar-refractivity contribution < 1.29 is 4.79 Å². The molecule has 0 saturated carbocycles. The molecule has 0 bridgehead atoms. The summed E-state index contributed by atoms with van der Waals surface area (Å²) in [6, 6.07) is 8.17. The number of pyridine rings is 1. The molecular weight excluding hydrogens is 421 g/mol. The lowest BCUT2D eigenvalue weighted by Gasteiger charge is -2.49. The number of aromatic nitrogens is 2. The highest BCUT2D eigenvalue weighted by molar-refractivity contribution is 6.03. The average Bonchev–Trinajstić information content (AvgIpc) is 3.29. The number of hydrogen-bond acceptors (Lipinski definition) is 4. The number of nitrogens with two attached hydrogens (primary N) is 1. The van der Waals surface area contributed by atoms with Crippen molar-refractivity contribution in [2.24, 2.45) is 11.1 Å². The van der Waals surface area contributed by atoms with Gasteiger partial charge in [0.15, 0.2) is 5.65 Å². The quantitative estimate of drug-likeness (QED) is 0.632. The first-order valence-corrected chi connectivity index (χ1v) is 10.4. The standard InChI is InChI=1S/C22H25N5O.2ClH/c23-19(28)18-14-4-3-5-15(14)21(26-10-8-22(9-11-26)12-24-13-22)27-17-7-2-1-6-16(17)25-20(18)27;;/h1-2,6-7,24H,3-5,8-13H2,(H2,23,28);2*1H. The van der Waals surface area contributed by atoms with Crippen LogP contribution in [0.1, 0.15) is 40.7 Å². The van der Waals surface area contributed by atoms with Crippen LogP contribution in [0.2, 0.25) is 0 Å². The van der Waals surface area contributed by atoms with Gasteiger partial charge < -0.3 is 16.0 Å². The second-order valence-corrected chi connectivity index (χ2v) is 8.72. The minimum atomic E-state index is -0.358. The summed E-state index contributed by atoms with van der Waals surface area (Å²) < 4.78 is 2.22. The van der Waals surface area contributed by atoms with E-state index in [9.17, 15) is 4.79 Å². The molecule has 1 aromatic carbocycles. The molecule has 3 N–H and O–H groups in total. The molecule has 3 aliphatic rings. The highest BCUT2D eigenvalue weighted by Gasteiger charge is 2.41. The second-order valence-electron chi connectivity index (χ2n) is 8.72. The number of hydrogen-bond donors (Lipinski definition) is 2. The molecule has 2 saturated heterocycles. The van der Waals surface area contributed by atoms with Gasteiger partial charge in [0.1, 0.15) is 5.82 Å². The van der Waals surface area contributed by atoms with Gasteiger partial charge in [-0.2, -0.15) is 0 Å². The second kappa shape index (κ2) is 7.59. The van der Waals surface area contributed by atoms with Gasteiger partial charge in [0.25, 0.3) is 5.91 Å². The number of amides is 1. The van der Waals surface area contributed by atoms with Gasteiger partial charge in [-0.05, 0) is 60.8 Å². The minimum absolute atomic E-state index is 0. The molecule has 1 amide bonds. The monoisotopic (exact) mass is 447 g/mol. The Morgan fingerprint density at radius 1 is 1.07 bits per heavy atom. The van der Waals surface area contributed by atoms with Crippen LogP contribution < -0.4 is 16.0 Å². The van der Waals surface area contributed by atoms with Crippen molar-refractivity contribution in [1.29, 1.82) is 0 Å². The Bertz CT molecular complexity index is 1130. The molecule has 160 valence electrons. The molecular formula is C22H27Cl2N5O. The molecule has 6 nitrogen and oxygen atoms in total. The zero-order chi connectivity index (χ0) is 18.9. The molecule has 4 heterocycles. The first-order valence-electron chi connectivity index (χ1n) is 10.4. The van der Waals surface area contributed by atoms with Gasteiger partial charge in [0.2, 0.25) is 0 Å². The number of carbonyl (C=O) groups excluding carboxylic acids is 1. The number of nitrogens with one attached hydrogen (secondary N) is 1. The Kier molecular flexibility index (Phi) is 5.37. The highest BCUT2D eigenvalue weighted by atomic mass is 35.5. The Morgan fingerprint density at radius 3 is 2.43 bits per heavy atom. The number of imidazole rings is 1. The number of fused-ring (bicyclic) bond motifs is 4.